The van der Waals surface area contributed by atoms with Gasteiger partial charge in [0.15, 0.2) is 0 Å². The van der Waals surface area contributed by atoms with Crippen molar-refractivity contribution in [2.24, 2.45) is 5.73 Å². The number of carbonyl (C=O) groups is 1. The second-order valence-electron chi connectivity index (χ2n) is 4.38. The van der Waals surface area contributed by atoms with Gasteiger partial charge in [0.25, 0.3) is 5.56 Å². The molecule has 0 aromatic carbocycles. The van der Waals surface area contributed by atoms with Crippen LogP contribution in [0.1, 0.15) is 6.42 Å². The summed E-state index contributed by atoms with van der Waals surface area (Å²) >= 11 is 6.04. The lowest BCUT2D eigenvalue weighted by Crippen LogP contribution is -2.31. The van der Waals surface area contributed by atoms with Gasteiger partial charge in [-0.05, 0) is 6.42 Å². The highest BCUT2D eigenvalue weighted by Crippen LogP contribution is 2.24. The average Bonchev–Trinajstić information content (AvgIpc) is 2.81. The van der Waals surface area contributed by atoms with Crippen molar-refractivity contribution in [1.82, 2.24) is 9.78 Å². The van der Waals surface area contributed by atoms with E-state index in [9.17, 15) is 9.59 Å². The molecule has 0 bridgehead atoms. The number of nitrogens with two attached hydrogens (primary N) is 1. The normalized spacial score (nSPS) is 18.7. The number of carbonyl (C=O) groups excluding carboxylic acids is 1. The highest BCUT2D eigenvalue weighted by molar-refractivity contribution is 6.33. The van der Waals surface area contributed by atoms with Gasteiger partial charge in [0.2, 0.25) is 0 Å². The summed E-state index contributed by atoms with van der Waals surface area (Å²) in [7, 11) is 1.25. The number of rotatable bonds is 3. The summed E-state index contributed by atoms with van der Waals surface area (Å²) in [4.78, 5) is 25.0. The van der Waals surface area contributed by atoms with Gasteiger partial charge >= 0.3 is 5.97 Å². The third kappa shape index (κ3) is 2.87. The number of esters is 1. The van der Waals surface area contributed by atoms with Crippen LogP contribution < -0.4 is 16.2 Å². The monoisotopic (exact) mass is 286 g/mol. The Morgan fingerprint density at radius 1 is 1.68 bits per heavy atom. The summed E-state index contributed by atoms with van der Waals surface area (Å²) in [6.45, 7) is 1.12. The number of methoxy groups -OCH3 is 1. The van der Waals surface area contributed by atoms with Gasteiger partial charge in [-0.25, -0.2) is 4.68 Å². The standard InChI is InChI=1S/C11H15ClN4O3/c1-19-9(17)6-16-11(18)10(12)8(4-14-16)15-3-2-7(13)5-15/h4,7H,2-3,5-6,13H2,1H3. The molecule has 1 aliphatic heterocycles. The van der Waals surface area contributed by atoms with Gasteiger partial charge < -0.3 is 15.4 Å². The van der Waals surface area contributed by atoms with Crippen LogP contribution in [0.5, 0.6) is 0 Å². The second-order valence-corrected chi connectivity index (χ2v) is 4.76. The number of anilines is 1. The van der Waals surface area contributed by atoms with E-state index in [4.69, 9.17) is 17.3 Å². The van der Waals surface area contributed by atoms with Gasteiger partial charge in [-0.15, -0.1) is 0 Å². The molecule has 0 amide bonds. The Morgan fingerprint density at radius 3 is 3.00 bits per heavy atom. The Bertz CT molecular complexity index is 545. The van der Waals surface area contributed by atoms with Crippen molar-refractivity contribution in [2.45, 2.75) is 19.0 Å². The molecule has 7 nitrogen and oxygen atoms in total. The Morgan fingerprint density at radius 2 is 2.42 bits per heavy atom. The molecule has 1 aromatic heterocycles. The number of ether oxygens (including phenoxy) is 1. The number of nitrogens with zero attached hydrogens (tertiary/aromatic N) is 3. The summed E-state index contributed by atoms with van der Waals surface area (Å²) < 4.78 is 5.46. The minimum Gasteiger partial charge on any atom is -0.468 e. The van der Waals surface area contributed by atoms with Crippen molar-refractivity contribution in [1.29, 1.82) is 0 Å². The van der Waals surface area contributed by atoms with Crippen molar-refractivity contribution in [3.8, 4) is 0 Å². The summed E-state index contributed by atoms with van der Waals surface area (Å²) in [6.07, 6.45) is 2.33. The molecule has 2 rings (SSSR count). The van der Waals surface area contributed by atoms with Crippen molar-refractivity contribution in [3.05, 3.63) is 21.6 Å². The van der Waals surface area contributed by atoms with E-state index in [-0.39, 0.29) is 17.6 Å². The van der Waals surface area contributed by atoms with Crippen LogP contribution in [0.4, 0.5) is 5.69 Å². The molecule has 1 aromatic rings. The minimum absolute atomic E-state index is 0.0491. The third-order valence-electron chi connectivity index (χ3n) is 3.04. The zero-order valence-electron chi connectivity index (χ0n) is 10.5. The lowest BCUT2D eigenvalue weighted by atomic mass is 10.3. The van der Waals surface area contributed by atoms with E-state index in [1.807, 2.05) is 4.90 Å². The van der Waals surface area contributed by atoms with Crippen molar-refractivity contribution < 1.29 is 9.53 Å². The number of aromatic nitrogens is 2. The predicted octanol–water partition coefficient (Wildman–Crippen LogP) is -0.393. The number of halogens is 1. The molecule has 0 spiro atoms. The van der Waals surface area contributed by atoms with Gasteiger partial charge in [0, 0.05) is 19.1 Å². The van der Waals surface area contributed by atoms with Gasteiger partial charge in [0.05, 0.1) is 19.0 Å². The van der Waals surface area contributed by atoms with Crippen LogP contribution in [-0.4, -0.2) is 42.0 Å². The summed E-state index contributed by atoms with van der Waals surface area (Å²) in [5.74, 6) is -0.554. The topological polar surface area (TPSA) is 90.5 Å². The summed E-state index contributed by atoms with van der Waals surface area (Å²) in [5, 5.41) is 3.98. The van der Waals surface area contributed by atoms with E-state index in [2.05, 4.69) is 9.84 Å². The zero-order chi connectivity index (χ0) is 14.0. The highest BCUT2D eigenvalue weighted by Gasteiger charge is 2.23. The van der Waals surface area contributed by atoms with E-state index in [1.54, 1.807) is 0 Å². The third-order valence-corrected chi connectivity index (χ3v) is 3.39. The minimum atomic E-state index is -0.554. The average molecular weight is 287 g/mol. The van der Waals surface area contributed by atoms with Crippen LogP contribution in [0.25, 0.3) is 0 Å². The maximum Gasteiger partial charge on any atom is 0.327 e. The Balaban J connectivity index is 2.27. The summed E-state index contributed by atoms with van der Waals surface area (Å²) in [6, 6.07) is 0.0774. The van der Waals surface area contributed by atoms with Crippen molar-refractivity contribution in [3.63, 3.8) is 0 Å². The lowest BCUT2D eigenvalue weighted by molar-refractivity contribution is -0.141. The van der Waals surface area contributed by atoms with Gasteiger partial charge in [0.1, 0.15) is 11.6 Å². The van der Waals surface area contributed by atoms with Gasteiger partial charge in [-0.3, -0.25) is 9.59 Å². The first kappa shape index (κ1) is 13.8. The zero-order valence-corrected chi connectivity index (χ0v) is 11.3. The predicted molar refractivity (Wildman–Crippen MR) is 70.3 cm³/mol. The lowest BCUT2D eigenvalue weighted by Gasteiger charge is -2.19. The smallest absolute Gasteiger partial charge is 0.327 e. The molecule has 104 valence electrons. The Kier molecular flexibility index (Phi) is 4.06. The molecule has 1 unspecified atom stereocenters. The molecule has 1 aliphatic rings. The first-order chi connectivity index (χ1) is 9.02. The molecule has 0 saturated carbocycles. The molecule has 1 saturated heterocycles. The van der Waals surface area contributed by atoms with E-state index in [0.29, 0.717) is 12.2 Å². The largest absolute Gasteiger partial charge is 0.468 e. The van der Waals surface area contributed by atoms with E-state index in [0.717, 1.165) is 17.6 Å². The van der Waals surface area contributed by atoms with Crippen LogP contribution in [0.15, 0.2) is 11.0 Å². The molecule has 0 aliphatic carbocycles. The maximum atomic E-state index is 12.0. The fraction of sp³-hybridized carbons (Fsp3) is 0.545. The molecular formula is C11H15ClN4O3. The quantitative estimate of drug-likeness (QED) is 0.761. The molecule has 1 fully saturated rings. The van der Waals surface area contributed by atoms with Gasteiger partial charge in [-0.1, -0.05) is 11.6 Å². The van der Waals surface area contributed by atoms with Crippen molar-refractivity contribution >= 4 is 23.3 Å². The summed E-state index contributed by atoms with van der Waals surface area (Å²) in [5.41, 5.74) is 5.86. The number of hydrogen-bond donors (Lipinski definition) is 1. The molecule has 2 N–H and O–H groups in total. The molecule has 1 atom stereocenters. The molecule has 19 heavy (non-hydrogen) atoms. The fourth-order valence-corrected chi connectivity index (χ4v) is 2.25. The van der Waals surface area contributed by atoms with Crippen LogP contribution in [0.2, 0.25) is 5.02 Å². The molecular weight excluding hydrogens is 272 g/mol. The van der Waals surface area contributed by atoms with Crippen LogP contribution in [0, 0.1) is 0 Å². The number of hydrogen-bond acceptors (Lipinski definition) is 6. The van der Waals surface area contributed by atoms with E-state index >= 15 is 0 Å². The van der Waals surface area contributed by atoms with Crippen LogP contribution in [0.3, 0.4) is 0 Å². The highest BCUT2D eigenvalue weighted by atomic mass is 35.5. The first-order valence-corrected chi connectivity index (χ1v) is 6.23. The van der Waals surface area contributed by atoms with E-state index < -0.39 is 11.5 Å². The molecule has 8 heteroatoms. The first-order valence-electron chi connectivity index (χ1n) is 5.86. The Hall–Kier alpha value is -1.60. The van der Waals surface area contributed by atoms with Crippen LogP contribution >= 0.6 is 11.6 Å². The van der Waals surface area contributed by atoms with Gasteiger partial charge in [-0.2, -0.15) is 5.10 Å². The Labute approximate surface area is 114 Å². The van der Waals surface area contributed by atoms with E-state index in [1.165, 1.54) is 13.3 Å². The maximum absolute atomic E-state index is 12.0. The SMILES string of the molecule is COC(=O)Cn1ncc(N2CCC(N)C2)c(Cl)c1=O. The molecule has 2 heterocycles. The van der Waals surface area contributed by atoms with Crippen LogP contribution in [-0.2, 0) is 16.1 Å². The molecule has 0 radical (unpaired) electrons. The second kappa shape index (κ2) is 5.58. The van der Waals surface area contributed by atoms with Crippen molar-refractivity contribution in [2.75, 3.05) is 25.1 Å². The fourth-order valence-electron chi connectivity index (χ4n) is 1.98.